The van der Waals surface area contributed by atoms with Gasteiger partial charge >= 0.3 is 0 Å². The van der Waals surface area contributed by atoms with Crippen LogP contribution >= 0.6 is 23.4 Å². The van der Waals surface area contributed by atoms with Crippen molar-refractivity contribution in [1.82, 2.24) is 14.9 Å². The molecule has 0 aliphatic heterocycles. The van der Waals surface area contributed by atoms with Crippen LogP contribution in [-0.2, 0) is 11.3 Å². The Morgan fingerprint density at radius 1 is 1.19 bits per heavy atom. The molecule has 2 aromatic carbocycles. The lowest BCUT2D eigenvalue weighted by molar-refractivity contribution is -0.118. The number of aromatic nitrogens is 2. The van der Waals surface area contributed by atoms with E-state index in [2.05, 4.69) is 10.3 Å². The van der Waals surface area contributed by atoms with Crippen molar-refractivity contribution < 1.29 is 4.79 Å². The van der Waals surface area contributed by atoms with Crippen molar-refractivity contribution in [2.45, 2.75) is 30.6 Å². The van der Waals surface area contributed by atoms with Gasteiger partial charge in [0.25, 0.3) is 5.56 Å². The smallest absolute Gasteiger partial charge is 0.262 e. The summed E-state index contributed by atoms with van der Waals surface area (Å²) in [6.07, 6.45) is 1.96. The highest BCUT2D eigenvalue weighted by atomic mass is 35.5. The summed E-state index contributed by atoms with van der Waals surface area (Å²) >= 11 is 7.41. The number of thioether (sulfide) groups is 1. The van der Waals surface area contributed by atoms with Crippen molar-refractivity contribution in [1.29, 1.82) is 0 Å². The second-order valence-corrected chi connectivity index (χ2v) is 7.82. The minimum absolute atomic E-state index is 0.0259. The van der Waals surface area contributed by atoms with Gasteiger partial charge in [0, 0.05) is 17.6 Å². The Hall–Kier alpha value is -2.31. The van der Waals surface area contributed by atoms with E-state index in [-0.39, 0.29) is 23.3 Å². The molecule has 1 aromatic heterocycles. The van der Waals surface area contributed by atoms with Crippen LogP contribution < -0.4 is 10.9 Å². The number of benzene rings is 2. The van der Waals surface area contributed by atoms with Crippen LogP contribution in [0.25, 0.3) is 10.9 Å². The van der Waals surface area contributed by atoms with E-state index in [1.54, 1.807) is 16.7 Å². The van der Waals surface area contributed by atoms with Crippen LogP contribution in [0.4, 0.5) is 0 Å². The molecule has 0 spiro atoms. The molecule has 3 aromatic rings. The molecule has 7 heteroatoms. The Kier molecular flexibility index (Phi) is 5.18. The van der Waals surface area contributed by atoms with E-state index in [0.29, 0.717) is 27.6 Å². The second kappa shape index (κ2) is 7.74. The molecule has 0 bridgehead atoms. The molecule has 0 atom stereocenters. The highest BCUT2D eigenvalue weighted by Crippen LogP contribution is 2.36. The maximum atomic E-state index is 12.8. The number of rotatable bonds is 6. The van der Waals surface area contributed by atoms with Crippen LogP contribution in [0.3, 0.4) is 0 Å². The second-order valence-electron chi connectivity index (χ2n) is 6.47. The summed E-state index contributed by atoms with van der Waals surface area (Å²) in [4.78, 5) is 29.7. The lowest BCUT2D eigenvalue weighted by Gasteiger charge is -2.12. The van der Waals surface area contributed by atoms with E-state index < -0.39 is 0 Å². The summed E-state index contributed by atoms with van der Waals surface area (Å²) < 4.78 is 1.74. The molecular formula is C20H18ClN3O2S. The summed E-state index contributed by atoms with van der Waals surface area (Å²) in [6.45, 7) is 0.375. The number of halogens is 1. The molecule has 1 heterocycles. The minimum Gasteiger partial charge on any atom is -0.351 e. The average molecular weight is 400 g/mol. The first kappa shape index (κ1) is 18.1. The van der Waals surface area contributed by atoms with Gasteiger partial charge in [-0.15, -0.1) is 0 Å². The van der Waals surface area contributed by atoms with Crippen molar-refractivity contribution >= 4 is 40.2 Å². The first-order chi connectivity index (χ1) is 13.1. The molecular weight excluding hydrogens is 382 g/mol. The fourth-order valence-electron chi connectivity index (χ4n) is 2.90. The number of carbonyl (C=O) groups is 1. The van der Waals surface area contributed by atoms with Gasteiger partial charge < -0.3 is 5.32 Å². The summed E-state index contributed by atoms with van der Waals surface area (Å²) in [5.41, 5.74) is 1.51. The van der Waals surface area contributed by atoms with E-state index in [1.165, 1.54) is 11.8 Å². The number of amides is 1. The Labute approximate surface area is 165 Å². The van der Waals surface area contributed by atoms with E-state index in [0.717, 1.165) is 18.4 Å². The Bertz CT molecular complexity index is 1060. The summed E-state index contributed by atoms with van der Waals surface area (Å²) in [5.74, 6) is 0.0757. The molecule has 0 saturated heterocycles. The summed E-state index contributed by atoms with van der Waals surface area (Å²) in [5, 5.41) is 4.72. The number of para-hydroxylation sites is 1. The third-order valence-electron chi connectivity index (χ3n) is 4.45. The number of hydrogen-bond donors (Lipinski definition) is 1. The third-order valence-corrected chi connectivity index (χ3v) is 5.78. The van der Waals surface area contributed by atoms with Gasteiger partial charge in [-0.3, -0.25) is 14.2 Å². The molecule has 1 saturated carbocycles. The summed E-state index contributed by atoms with van der Waals surface area (Å²) in [6, 6.07) is 14.9. The van der Waals surface area contributed by atoms with Gasteiger partial charge in [-0.05, 0) is 36.6 Å². The van der Waals surface area contributed by atoms with E-state index in [4.69, 9.17) is 11.6 Å². The van der Waals surface area contributed by atoms with Gasteiger partial charge in [-0.1, -0.05) is 53.7 Å². The van der Waals surface area contributed by atoms with Crippen LogP contribution in [0.5, 0.6) is 0 Å². The highest BCUT2D eigenvalue weighted by Gasteiger charge is 2.28. The predicted molar refractivity (Wildman–Crippen MR) is 108 cm³/mol. The minimum atomic E-state index is -0.121. The Morgan fingerprint density at radius 3 is 2.70 bits per heavy atom. The van der Waals surface area contributed by atoms with E-state index in [9.17, 15) is 9.59 Å². The predicted octanol–water partition coefficient (Wildman–Crippen LogP) is 3.79. The normalized spacial score (nSPS) is 13.7. The molecule has 1 N–H and O–H groups in total. The maximum absolute atomic E-state index is 12.8. The first-order valence-electron chi connectivity index (χ1n) is 8.77. The lowest BCUT2D eigenvalue weighted by Crippen LogP contribution is -2.26. The third kappa shape index (κ3) is 4.01. The van der Waals surface area contributed by atoms with Crippen molar-refractivity contribution in [3.05, 3.63) is 69.5 Å². The van der Waals surface area contributed by atoms with Gasteiger partial charge in [0.2, 0.25) is 5.91 Å². The molecule has 4 rings (SSSR count). The maximum Gasteiger partial charge on any atom is 0.262 e. The molecule has 0 unspecified atom stereocenters. The molecule has 5 nitrogen and oxygen atoms in total. The number of carbonyl (C=O) groups excluding carboxylic acids is 1. The fourth-order valence-corrected chi connectivity index (χ4v) is 4.00. The number of nitrogens with zero attached hydrogens (tertiary/aromatic N) is 2. The fraction of sp³-hybridized carbons (Fsp3) is 0.250. The number of hydrogen-bond acceptors (Lipinski definition) is 4. The molecule has 27 heavy (non-hydrogen) atoms. The average Bonchev–Trinajstić information content (AvgIpc) is 3.51. The molecule has 1 aliphatic rings. The molecule has 1 fully saturated rings. The van der Waals surface area contributed by atoms with Crippen molar-refractivity contribution in [3.63, 3.8) is 0 Å². The lowest BCUT2D eigenvalue weighted by atomic mass is 10.2. The van der Waals surface area contributed by atoms with Crippen molar-refractivity contribution in [2.75, 3.05) is 5.75 Å². The van der Waals surface area contributed by atoms with Crippen LogP contribution in [0.1, 0.15) is 24.4 Å². The molecule has 0 radical (unpaired) electrons. The Morgan fingerprint density at radius 2 is 1.93 bits per heavy atom. The summed E-state index contributed by atoms with van der Waals surface area (Å²) in [7, 11) is 0. The van der Waals surface area contributed by atoms with Crippen molar-refractivity contribution in [3.8, 4) is 0 Å². The van der Waals surface area contributed by atoms with Crippen LogP contribution in [0, 0.1) is 0 Å². The van der Waals surface area contributed by atoms with Crippen LogP contribution in [0.2, 0.25) is 5.02 Å². The number of fused-ring (bicyclic) bond motifs is 1. The zero-order chi connectivity index (χ0) is 18.8. The van der Waals surface area contributed by atoms with Crippen LogP contribution in [0.15, 0.2) is 58.5 Å². The van der Waals surface area contributed by atoms with E-state index in [1.807, 2.05) is 36.4 Å². The van der Waals surface area contributed by atoms with Crippen LogP contribution in [-0.4, -0.2) is 21.2 Å². The molecule has 1 amide bonds. The zero-order valence-corrected chi connectivity index (χ0v) is 16.1. The SMILES string of the molecule is O=C(CSc1nc2ccccc2c(=O)n1C1CC1)NCc1ccccc1Cl. The molecule has 138 valence electrons. The molecule has 1 aliphatic carbocycles. The van der Waals surface area contributed by atoms with E-state index >= 15 is 0 Å². The Balaban J connectivity index is 1.48. The van der Waals surface area contributed by atoms with Gasteiger partial charge in [0.1, 0.15) is 0 Å². The zero-order valence-electron chi connectivity index (χ0n) is 14.5. The van der Waals surface area contributed by atoms with Gasteiger partial charge in [-0.25, -0.2) is 4.98 Å². The van der Waals surface area contributed by atoms with Crippen molar-refractivity contribution in [2.24, 2.45) is 0 Å². The first-order valence-corrected chi connectivity index (χ1v) is 10.1. The standard InChI is InChI=1S/C20H18ClN3O2S/c21-16-7-3-1-5-13(16)11-22-18(25)12-27-20-23-17-8-4-2-6-15(17)19(26)24(20)14-9-10-14/h1-8,14H,9-12H2,(H,22,25). The highest BCUT2D eigenvalue weighted by molar-refractivity contribution is 7.99. The largest absolute Gasteiger partial charge is 0.351 e. The number of nitrogens with one attached hydrogen (secondary N) is 1. The topological polar surface area (TPSA) is 64.0 Å². The van der Waals surface area contributed by atoms with Gasteiger partial charge in [0.05, 0.1) is 16.7 Å². The quantitative estimate of drug-likeness (QED) is 0.506. The monoisotopic (exact) mass is 399 g/mol. The van der Waals surface area contributed by atoms with Gasteiger partial charge in [0.15, 0.2) is 5.16 Å². The van der Waals surface area contributed by atoms with Gasteiger partial charge in [-0.2, -0.15) is 0 Å².